The molecule has 180 valence electrons. The quantitative estimate of drug-likeness (QED) is 0.223. The number of aryl methyl sites for hydroxylation is 1. The topological polar surface area (TPSA) is 111 Å². The Hall–Kier alpha value is -4.53. The maximum atomic E-state index is 13.3. The summed E-state index contributed by atoms with van der Waals surface area (Å²) in [4.78, 5) is 27.7. The van der Waals surface area contributed by atoms with Gasteiger partial charge in [0, 0.05) is 17.2 Å². The Bertz CT molecular complexity index is 1310. The van der Waals surface area contributed by atoms with Crippen molar-refractivity contribution in [3.05, 3.63) is 83.6 Å². The summed E-state index contributed by atoms with van der Waals surface area (Å²) in [7, 11) is 2.94. The van der Waals surface area contributed by atoms with Crippen LogP contribution in [0.15, 0.2) is 71.3 Å². The number of hydrogen-bond donors (Lipinski definition) is 1. The predicted molar refractivity (Wildman–Crippen MR) is 128 cm³/mol. The average Bonchev–Trinajstić information content (AvgIpc) is 3.42. The van der Waals surface area contributed by atoms with Crippen molar-refractivity contribution in [1.29, 1.82) is 0 Å². The standard InChI is InChI=1S/C26H24N2O7/c1-5-13-34-17-11-9-16(10-12-17)23(29)21-22(18-7-6-8-19(32-3)25(18)33-4)28(26(31)24(21)30)20-14-15(2)35-27-20/h5-12,14,22,29H,1,13H2,2-4H3/b23-21+. The zero-order valence-electron chi connectivity index (χ0n) is 19.5. The Morgan fingerprint density at radius 3 is 2.51 bits per heavy atom. The lowest BCUT2D eigenvalue weighted by atomic mass is 9.94. The van der Waals surface area contributed by atoms with Gasteiger partial charge in [0.05, 0.1) is 19.8 Å². The molecular weight excluding hydrogens is 452 g/mol. The normalized spacial score (nSPS) is 16.9. The second-order valence-corrected chi connectivity index (χ2v) is 7.67. The number of ether oxygens (including phenoxy) is 3. The molecule has 0 radical (unpaired) electrons. The second-order valence-electron chi connectivity index (χ2n) is 7.67. The van der Waals surface area contributed by atoms with Crippen LogP contribution >= 0.6 is 0 Å². The van der Waals surface area contributed by atoms with Crippen molar-refractivity contribution in [2.75, 3.05) is 25.7 Å². The lowest BCUT2D eigenvalue weighted by Crippen LogP contribution is -2.30. The molecule has 1 atom stereocenters. The molecule has 9 heteroatoms. The molecule has 1 aromatic heterocycles. The smallest absolute Gasteiger partial charge is 0.301 e. The molecule has 4 rings (SSSR count). The Labute approximate surface area is 201 Å². The van der Waals surface area contributed by atoms with Crippen LogP contribution in [0.5, 0.6) is 17.2 Å². The number of Topliss-reactive ketones (excluding diaryl/α,β-unsaturated/α-hetero) is 1. The molecule has 0 spiro atoms. The minimum Gasteiger partial charge on any atom is -0.507 e. The van der Waals surface area contributed by atoms with Gasteiger partial charge in [0.25, 0.3) is 5.78 Å². The van der Waals surface area contributed by atoms with E-state index in [0.717, 1.165) is 0 Å². The predicted octanol–water partition coefficient (Wildman–Crippen LogP) is 4.19. The number of anilines is 1. The van der Waals surface area contributed by atoms with E-state index in [0.29, 0.717) is 40.7 Å². The fourth-order valence-electron chi connectivity index (χ4n) is 3.98. The van der Waals surface area contributed by atoms with Crippen LogP contribution in [0.2, 0.25) is 0 Å². The molecule has 0 bridgehead atoms. The highest BCUT2D eigenvalue weighted by Crippen LogP contribution is 2.47. The Morgan fingerprint density at radius 1 is 1.17 bits per heavy atom. The second kappa shape index (κ2) is 9.76. The number of aliphatic hydroxyl groups excluding tert-OH is 1. The van der Waals surface area contributed by atoms with Gasteiger partial charge in [-0.3, -0.25) is 14.5 Å². The van der Waals surface area contributed by atoms with Crippen molar-refractivity contribution in [2.45, 2.75) is 13.0 Å². The van der Waals surface area contributed by atoms with Gasteiger partial charge >= 0.3 is 5.91 Å². The number of hydrogen-bond acceptors (Lipinski definition) is 8. The summed E-state index contributed by atoms with van der Waals surface area (Å²) in [5, 5.41) is 15.2. The number of nitrogens with zero attached hydrogens (tertiary/aromatic N) is 2. The molecule has 2 heterocycles. The van der Waals surface area contributed by atoms with E-state index in [1.807, 2.05) is 0 Å². The average molecular weight is 476 g/mol. The lowest BCUT2D eigenvalue weighted by molar-refractivity contribution is -0.132. The summed E-state index contributed by atoms with van der Waals surface area (Å²) in [5.41, 5.74) is 0.637. The van der Waals surface area contributed by atoms with Crippen molar-refractivity contribution < 1.29 is 33.4 Å². The van der Waals surface area contributed by atoms with Crippen molar-refractivity contribution in [3.8, 4) is 17.2 Å². The van der Waals surface area contributed by atoms with Crippen LogP contribution < -0.4 is 19.1 Å². The summed E-state index contributed by atoms with van der Waals surface area (Å²) < 4.78 is 21.6. The van der Waals surface area contributed by atoms with Gasteiger partial charge in [-0.1, -0.05) is 29.9 Å². The molecule has 1 unspecified atom stereocenters. The summed E-state index contributed by atoms with van der Waals surface area (Å²) in [5.74, 6) is -0.227. The molecule has 35 heavy (non-hydrogen) atoms. The zero-order valence-corrected chi connectivity index (χ0v) is 19.5. The summed E-state index contributed by atoms with van der Waals surface area (Å²) in [6.07, 6.45) is 1.61. The number of para-hydroxylation sites is 1. The summed E-state index contributed by atoms with van der Waals surface area (Å²) >= 11 is 0. The zero-order chi connectivity index (χ0) is 25.1. The monoisotopic (exact) mass is 476 g/mol. The number of aromatic nitrogens is 1. The molecule has 9 nitrogen and oxygen atoms in total. The van der Waals surface area contributed by atoms with Gasteiger partial charge < -0.3 is 23.8 Å². The molecular formula is C26H24N2O7. The van der Waals surface area contributed by atoms with E-state index in [1.54, 1.807) is 55.5 Å². The van der Waals surface area contributed by atoms with Crippen LogP contribution in [0, 0.1) is 6.92 Å². The van der Waals surface area contributed by atoms with Gasteiger partial charge in [-0.25, -0.2) is 0 Å². The first kappa shape index (κ1) is 23.6. The van der Waals surface area contributed by atoms with Crippen LogP contribution in [-0.2, 0) is 9.59 Å². The van der Waals surface area contributed by atoms with Crippen molar-refractivity contribution >= 4 is 23.3 Å². The minimum atomic E-state index is -1.05. The van der Waals surface area contributed by atoms with E-state index < -0.39 is 17.7 Å². The van der Waals surface area contributed by atoms with Gasteiger partial charge in [-0.2, -0.15) is 0 Å². The van der Waals surface area contributed by atoms with Crippen molar-refractivity contribution in [3.63, 3.8) is 0 Å². The molecule has 2 aromatic carbocycles. The molecule has 1 amide bonds. The SMILES string of the molecule is C=CCOc1ccc(/C(O)=C2\C(=O)C(=O)N(c3cc(C)on3)C2c2cccc(OC)c2OC)cc1. The molecule has 1 saturated heterocycles. The van der Waals surface area contributed by atoms with Crippen molar-refractivity contribution in [1.82, 2.24) is 5.16 Å². The molecule has 1 fully saturated rings. The fourth-order valence-corrected chi connectivity index (χ4v) is 3.98. The first-order valence-electron chi connectivity index (χ1n) is 10.7. The highest BCUT2D eigenvalue weighted by Gasteiger charge is 2.49. The van der Waals surface area contributed by atoms with Crippen LogP contribution in [0.1, 0.15) is 22.9 Å². The Balaban J connectivity index is 1.92. The van der Waals surface area contributed by atoms with Crippen LogP contribution in [-0.4, -0.2) is 42.8 Å². The lowest BCUT2D eigenvalue weighted by Gasteiger charge is -2.25. The van der Waals surface area contributed by atoms with E-state index in [-0.39, 0.29) is 17.2 Å². The van der Waals surface area contributed by atoms with Gasteiger partial charge in [0.1, 0.15) is 29.9 Å². The third kappa shape index (κ3) is 4.23. The van der Waals surface area contributed by atoms with Gasteiger partial charge in [0.2, 0.25) is 0 Å². The maximum absolute atomic E-state index is 13.3. The van der Waals surface area contributed by atoms with Gasteiger partial charge in [-0.05, 0) is 37.3 Å². The molecule has 0 saturated carbocycles. The number of methoxy groups -OCH3 is 2. The number of amides is 1. The van der Waals surface area contributed by atoms with Gasteiger partial charge in [-0.15, -0.1) is 0 Å². The van der Waals surface area contributed by atoms with E-state index in [1.165, 1.54) is 25.2 Å². The highest BCUT2D eigenvalue weighted by atomic mass is 16.5. The summed E-state index contributed by atoms with van der Waals surface area (Å²) in [6.45, 7) is 5.60. The maximum Gasteiger partial charge on any atom is 0.301 e. The number of benzene rings is 2. The fraction of sp³-hybridized carbons (Fsp3) is 0.192. The molecule has 3 aromatic rings. The van der Waals surface area contributed by atoms with Crippen LogP contribution in [0.25, 0.3) is 5.76 Å². The molecule has 1 N–H and O–H groups in total. The van der Waals surface area contributed by atoms with Crippen LogP contribution in [0.3, 0.4) is 0 Å². The number of aliphatic hydroxyl groups is 1. The number of ketones is 1. The van der Waals surface area contributed by atoms with E-state index in [9.17, 15) is 14.7 Å². The number of carbonyl (C=O) groups excluding carboxylic acids is 2. The van der Waals surface area contributed by atoms with E-state index in [2.05, 4.69) is 11.7 Å². The van der Waals surface area contributed by atoms with Gasteiger partial charge in [0.15, 0.2) is 17.3 Å². The molecule has 0 aliphatic carbocycles. The third-order valence-electron chi connectivity index (χ3n) is 5.53. The van der Waals surface area contributed by atoms with Crippen LogP contribution in [0.4, 0.5) is 5.82 Å². The Kier molecular flexibility index (Phi) is 6.59. The van der Waals surface area contributed by atoms with E-state index >= 15 is 0 Å². The molecule has 1 aliphatic heterocycles. The number of rotatable bonds is 8. The minimum absolute atomic E-state index is 0.123. The molecule has 1 aliphatic rings. The first-order chi connectivity index (χ1) is 16.9. The largest absolute Gasteiger partial charge is 0.507 e. The first-order valence-corrected chi connectivity index (χ1v) is 10.7. The highest BCUT2D eigenvalue weighted by molar-refractivity contribution is 6.51. The van der Waals surface area contributed by atoms with Crippen molar-refractivity contribution in [2.24, 2.45) is 0 Å². The number of carbonyl (C=O) groups is 2. The Morgan fingerprint density at radius 2 is 1.91 bits per heavy atom. The summed E-state index contributed by atoms with van der Waals surface area (Å²) in [6, 6.07) is 12.1. The van der Waals surface area contributed by atoms with E-state index in [4.69, 9.17) is 18.7 Å². The third-order valence-corrected chi connectivity index (χ3v) is 5.53.